The molecule has 1 fully saturated rings. The number of rotatable bonds is 5. The molecule has 1 heterocycles. The van der Waals surface area contributed by atoms with Crippen molar-refractivity contribution < 1.29 is 18.0 Å². The summed E-state index contributed by atoms with van der Waals surface area (Å²) in [5.41, 5.74) is -0.690. The number of amides is 1. The zero-order chi connectivity index (χ0) is 18.7. The molecule has 2 aromatic rings. The largest absolute Gasteiger partial charge is 0.416 e. The number of hydrogen-bond donors (Lipinski definition) is 2. The molecule has 1 saturated carbocycles. The Balaban J connectivity index is 1.60. The standard InChI is InChI=1S/C17H19F3N4OS/c1-10(26-16-22-14(23-24-16)11-5-2-3-6-11)15(25)21-13-8-4-7-12(9-13)17(18,19)20/h4,7-11H,2-3,5-6H2,1H3,(H,21,25)(H,22,23,24). The number of hydrogen-bond acceptors (Lipinski definition) is 4. The predicted molar refractivity (Wildman–Crippen MR) is 93.0 cm³/mol. The molecule has 2 N–H and O–H groups in total. The van der Waals surface area contributed by atoms with Crippen LogP contribution in [0, 0.1) is 0 Å². The molecule has 3 rings (SSSR count). The Labute approximate surface area is 153 Å². The Morgan fingerprint density at radius 1 is 1.35 bits per heavy atom. The summed E-state index contributed by atoms with van der Waals surface area (Å²) in [6.45, 7) is 1.67. The molecular weight excluding hydrogens is 365 g/mol. The van der Waals surface area contributed by atoms with Crippen molar-refractivity contribution in [2.24, 2.45) is 0 Å². The quantitative estimate of drug-likeness (QED) is 0.739. The third-order valence-corrected chi connectivity index (χ3v) is 5.29. The van der Waals surface area contributed by atoms with Crippen molar-refractivity contribution in [3.63, 3.8) is 0 Å². The van der Waals surface area contributed by atoms with Crippen molar-refractivity contribution in [3.05, 3.63) is 35.7 Å². The first-order chi connectivity index (χ1) is 12.3. The van der Waals surface area contributed by atoms with Gasteiger partial charge in [0.25, 0.3) is 0 Å². The first-order valence-electron chi connectivity index (χ1n) is 8.40. The number of carbonyl (C=O) groups excluding carboxylic acids is 1. The Hall–Kier alpha value is -2.03. The number of benzene rings is 1. The van der Waals surface area contributed by atoms with Crippen LogP contribution in [0.25, 0.3) is 0 Å². The highest BCUT2D eigenvalue weighted by atomic mass is 32.2. The molecule has 140 valence electrons. The van der Waals surface area contributed by atoms with E-state index in [1.54, 1.807) is 6.92 Å². The van der Waals surface area contributed by atoms with Gasteiger partial charge in [-0.2, -0.15) is 13.2 Å². The molecule has 1 unspecified atom stereocenters. The van der Waals surface area contributed by atoms with Gasteiger partial charge in [-0.1, -0.05) is 30.7 Å². The van der Waals surface area contributed by atoms with Crippen LogP contribution in [-0.2, 0) is 11.0 Å². The van der Waals surface area contributed by atoms with E-state index in [2.05, 4.69) is 20.5 Å². The molecule has 9 heteroatoms. The van der Waals surface area contributed by atoms with Crippen LogP contribution in [0.15, 0.2) is 29.4 Å². The lowest BCUT2D eigenvalue weighted by Crippen LogP contribution is -2.22. The third kappa shape index (κ3) is 4.57. The Morgan fingerprint density at radius 2 is 2.08 bits per heavy atom. The summed E-state index contributed by atoms with van der Waals surface area (Å²) in [5, 5.41) is 9.50. The van der Waals surface area contributed by atoms with E-state index in [1.807, 2.05) is 0 Å². The van der Waals surface area contributed by atoms with E-state index < -0.39 is 22.9 Å². The molecule has 0 aliphatic heterocycles. The number of nitrogens with one attached hydrogen (secondary N) is 2. The summed E-state index contributed by atoms with van der Waals surface area (Å²) in [5.74, 6) is 0.836. The zero-order valence-corrected chi connectivity index (χ0v) is 15.0. The van der Waals surface area contributed by atoms with Crippen molar-refractivity contribution in [1.82, 2.24) is 15.2 Å². The van der Waals surface area contributed by atoms with E-state index in [0.29, 0.717) is 11.1 Å². The number of aromatic nitrogens is 3. The molecule has 1 atom stereocenters. The number of halogens is 3. The Bertz CT molecular complexity index is 771. The second kappa shape index (κ2) is 7.69. The number of anilines is 1. The Morgan fingerprint density at radius 3 is 2.77 bits per heavy atom. The number of aromatic amines is 1. The van der Waals surface area contributed by atoms with Crippen LogP contribution in [0.4, 0.5) is 18.9 Å². The highest BCUT2D eigenvalue weighted by Crippen LogP contribution is 2.33. The van der Waals surface area contributed by atoms with Gasteiger partial charge in [-0.3, -0.25) is 9.89 Å². The van der Waals surface area contributed by atoms with Gasteiger partial charge in [-0.05, 0) is 38.0 Å². The molecule has 0 bridgehead atoms. The topological polar surface area (TPSA) is 70.7 Å². The maximum absolute atomic E-state index is 12.7. The van der Waals surface area contributed by atoms with Crippen LogP contribution in [0.3, 0.4) is 0 Å². The van der Waals surface area contributed by atoms with Gasteiger partial charge in [0.15, 0.2) is 0 Å². The smallest absolute Gasteiger partial charge is 0.325 e. The van der Waals surface area contributed by atoms with Gasteiger partial charge in [-0.15, -0.1) is 5.10 Å². The van der Waals surface area contributed by atoms with Gasteiger partial charge in [0, 0.05) is 11.6 Å². The summed E-state index contributed by atoms with van der Waals surface area (Å²) >= 11 is 1.17. The molecule has 1 amide bonds. The lowest BCUT2D eigenvalue weighted by atomic mass is 10.1. The molecule has 0 radical (unpaired) electrons. The van der Waals surface area contributed by atoms with Crippen LogP contribution in [0.2, 0.25) is 0 Å². The van der Waals surface area contributed by atoms with Gasteiger partial charge in [0.1, 0.15) is 5.82 Å². The molecule has 0 spiro atoms. The van der Waals surface area contributed by atoms with E-state index >= 15 is 0 Å². The molecule has 1 aliphatic rings. The molecule has 1 aromatic heterocycles. The Kier molecular flexibility index (Phi) is 5.55. The van der Waals surface area contributed by atoms with Gasteiger partial charge < -0.3 is 5.32 Å². The first-order valence-corrected chi connectivity index (χ1v) is 9.28. The van der Waals surface area contributed by atoms with Crippen molar-refractivity contribution in [2.75, 3.05) is 5.32 Å². The fraction of sp³-hybridized carbons (Fsp3) is 0.471. The number of nitrogens with zero attached hydrogens (tertiary/aromatic N) is 2. The third-order valence-electron chi connectivity index (χ3n) is 4.33. The minimum absolute atomic E-state index is 0.110. The van der Waals surface area contributed by atoms with Crippen LogP contribution in [0.1, 0.15) is 49.9 Å². The van der Waals surface area contributed by atoms with Gasteiger partial charge in [-0.25, -0.2) is 4.98 Å². The van der Waals surface area contributed by atoms with Crippen LogP contribution >= 0.6 is 11.8 Å². The summed E-state index contributed by atoms with van der Waals surface area (Å²) in [7, 11) is 0. The monoisotopic (exact) mass is 384 g/mol. The van der Waals surface area contributed by atoms with Crippen molar-refractivity contribution >= 4 is 23.4 Å². The van der Waals surface area contributed by atoms with E-state index in [4.69, 9.17) is 0 Å². The van der Waals surface area contributed by atoms with Crippen molar-refractivity contribution in [3.8, 4) is 0 Å². The minimum Gasteiger partial charge on any atom is -0.325 e. The number of thioether (sulfide) groups is 1. The van der Waals surface area contributed by atoms with Crippen molar-refractivity contribution in [1.29, 1.82) is 0 Å². The molecule has 1 aliphatic carbocycles. The molecule has 0 saturated heterocycles. The van der Waals surface area contributed by atoms with E-state index in [-0.39, 0.29) is 5.69 Å². The minimum atomic E-state index is -4.45. The highest BCUT2D eigenvalue weighted by molar-refractivity contribution is 8.00. The van der Waals surface area contributed by atoms with Crippen molar-refractivity contribution in [2.45, 2.75) is 55.1 Å². The van der Waals surface area contributed by atoms with Gasteiger partial charge in [0.05, 0.1) is 10.8 Å². The zero-order valence-electron chi connectivity index (χ0n) is 14.1. The molecular formula is C17H19F3N4OS. The first kappa shape index (κ1) is 18.8. The lowest BCUT2D eigenvalue weighted by Gasteiger charge is -2.12. The predicted octanol–water partition coefficient (Wildman–Crippen LogP) is 4.60. The average Bonchev–Trinajstić information content (AvgIpc) is 3.25. The normalized spacial score (nSPS) is 16.6. The van der Waals surface area contributed by atoms with Crippen LogP contribution in [0.5, 0.6) is 0 Å². The number of carbonyl (C=O) groups is 1. The molecule has 5 nitrogen and oxygen atoms in total. The van der Waals surface area contributed by atoms with Crippen LogP contribution < -0.4 is 5.32 Å². The molecule has 26 heavy (non-hydrogen) atoms. The van der Waals surface area contributed by atoms with Gasteiger partial charge in [0.2, 0.25) is 11.1 Å². The second-order valence-corrected chi connectivity index (χ2v) is 7.62. The summed E-state index contributed by atoms with van der Waals surface area (Å²) in [6.07, 6.45) is 0.0970. The summed E-state index contributed by atoms with van der Waals surface area (Å²) in [4.78, 5) is 16.7. The highest BCUT2D eigenvalue weighted by Gasteiger charge is 2.30. The SMILES string of the molecule is CC(Sc1n[nH]c(C2CCCC2)n1)C(=O)Nc1cccc(C(F)(F)F)c1. The number of H-pyrrole nitrogens is 1. The average molecular weight is 384 g/mol. The maximum atomic E-state index is 12.7. The summed E-state index contributed by atoms with van der Waals surface area (Å²) in [6, 6.07) is 4.57. The fourth-order valence-corrected chi connectivity index (χ4v) is 3.65. The fourth-order valence-electron chi connectivity index (χ4n) is 2.92. The van der Waals surface area contributed by atoms with E-state index in [0.717, 1.165) is 30.8 Å². The summed E-state index contributed by atoms with van der Waals surface area (Å²) < 4.78 is 38.2. The molecule has 1 aromatic carbocycles. The number of alkyl halides is 3. The lowest BCUT2D eigenvalue weighted by molar-refractivity contribution is -0.137. The van der Waals surface area contributed by atoms with Gasteiger partial charge >= 0.3 is 6.18 Å². The van der Waals surface area contributed by atoms with Crippen LogP contribution in [-0.4, -0.2) is 26.3 Å². The van der Waals surface area contributed by atoms with E-state index in [9.17, 15) is 18.0 Å². The maximum Gasteiger partial charge on any atom is 0.416 e. The second-order valence-electron chi connectivity index (χ2n) is 6.31. The van der Waals surface area contributed by atoms with E-state index in [1.165, 1.54) is 36.7 Å².